The zero-order valence-electron chi connectivity index (χ0n) is 10.1. The summed E-state index contributed by atoms with van der Waals surface area (Å²) in [6, 6.07) is 13.5. The number of rotatable bonds is 3. The molecule has 1 N–H and O–H groups in total. The Balaban J connectivity index is 2.44. The summed E-state index contributed by atoms with van der Waals surface area (Å²) in [7, 11) is 0. The Hall–Kier alpha value is -1.15. The van der Waals surface area contributed by atoms with Gasteiger partial charge in [0.1, 0.15) is 6.07 Å². The van der Waals surface area contributed by atoms with E-state index in [-0.39, 0.29) is 0 Å². The molecule has 0 saturated carbocycles. The molecule has 0 unspecified atom stereocenters. The molecule has 0 spiro atoms. The van der Waals surface area contributed by atoms with Crippen molar-refractivity contribution in [1.29, 1.82) is 5.26 Å². The standard InChI is InChI=1S/C14H10BrClN2S/c1-19-14-4-2-3-12(10(14)8-17)18-13-7-9(16)5-6-11(13)15/h2-7,18H,1H3. The third-order valence-corrected chi connectivity index (χ3v) is 4.26. The first-order valence-corrected chi connectivity index (χ1v) is 7.84. The Bertz CT molecular complexity index is 652. The Morgan fingerprint density at radius 1 is 1.26 bits per heavy atom. The van der Waals surface area contributed by atoms with Crippen molar-refractivity contribution in [3.05, 3.63) is 51.5 Å². The van der Waals surface area contributed by atoms with Gasteiger partial charge in [-0.1, -0.05) is 17.7 Å². The molecule has 2 aromatic carbocycles. The summed E-state index contributed by atoms with van der Waals surface area (Å²) in [5.41, 5.74) is 2.25. The van der Waals surface area contributed by atoms with Gasteiger partial charge in [-0.25, -0.2) is 0 Å². The highest BCUT2D eigenvalue weighted by atomic mass is 79.9. The van der Waals surface area contributed by atoms with Gasteiger partial charge in [0, 0.05) is 14.4 Å². The fraction of sp³-hybridized carbons (Fsp3) is 0.0714. The molecule has 2 aromatic rings. The normalized spacial score (nSPS) is 10.0. The molecule has 0 aliphatic heterocycles. The minimum Gasteiger partial charge on any atom is -0.353 e. The van der Waals surface area contributed by atoms with Crippen LogP contribution in [0.1, 0.15) is 5.56 Å². The Morgan fingerprint density at radius 3 is 2.74 bits per heavy atom. The van der Waals surface area contributed by atoms with Gasteiger partial charge in [0.15, 0.2) is 0 Å². The molecule has 0 heterocycles. The summed E-state index contributed by atoms with van der Waals surface area (Å²) in [4.78, 5) is 0.950. The van der Waals surface area contributed by atoms with Crippen LogP contribution >= 0.6 is 39.3 Å². The monoisotopic (exact) mass is 352 g/mol. The van der Waals surface area contributed by atoms with Gasteiger partial charge >= 0.3 is 0 Å². The number of hydrogen-bond acceptors (Lipinski definition) is 3. The Labute approximate surface area is 129 Å². The maximum Gasteiger partial charge on any atom is 0.103 e. The number of anilines is 2. The molecular weight excluding hydrogens is 344 g/mol. The molecule has 0 fully saturated rings. The van der Waals surface area contributed by atoms with Crippen LogP contribution in [-0.2, 0) is 0 Å². The molecule has 2 nitrogen and oxygen atoms in total. The van der Waals surface area contributed by atoms with E-state index in [4.69, 9.17) is 11.6 Å². The van der Waals surface area contributed by atoms with Crippen LogP contribution in [0.25, 0.3) is 0 Å². The highest BCUT2D eigenvalue weighted by Crippen LogP contribution is 2.32. The van der Waals surface area contributed by atoms with Crippen molar-refractivity contribution in [2.45, 2.75) is 4.90 Å². The SMILES string of the molecule is CSc1cccc(Nc2cc(Cl)ccc2Br)c1C#N. The molecule has 0 aliphatic carbocycles. The van der Waals surface area contributed by atoms with E-state index in [9.17, 15) is 5.26 Å². The predicted octanol–water partition coefficient (Wildman–Crippen LogP) is 5.44. The van der Waals surface area contributed by atoms with E-state index in [2.05, 4.69) is 27.3 Å². The minimum absolute atomic E-state index is 0.641. The highest BCUT2D eigenvalue weighted by Gasteiger charge is 2.09. The van der Waals surface area contributed by atoms with Crippen LogP contribution in [0, 0.1) is 11.3 Å². The molecule has 5 heteroatoms. The van der Waals surface area contributed by atoms with E-state index in [1.165, 1.54) is 0 Å². The van der Waals surface area contributed by atoms with E-state index in [1.807, 2.05) is 36.6 Å². The quantitative estimate of drug-likeness (QED) is 0.746. The second kappa shape index (κ2) is 6.33. The van der Waals surface area contributed by atoms with Gasteiger partial charge in [0.05, 0.1) is 16.9 Å². The lowest BCUT2D eigenvalue weighted by atomic mass is 10.2. The molecule has 0 atom stereocenters. The van der Waals surface area contributed by atoms with Crippen LogP contribution in [0.5, 0.6) is 0 Å². The van der Waals surface area contributed by atoms with Crippen molar-refractivity contribution in [2.75, 3.05) is 11.6 Å². The number of thioether (sulfide) groups is 1. The topological polar surface area (TPSA) is 35.8 Å². The summed E-state index contributed by atoms with van der Waals surface area (Å²) < 4.78 is 0.898. The number of halogens is 2. The molecule has 0 aromatic heterocycles. The van der Waals surface area contributed by atoms with Gasteiger partial charge in [-0.15, -0.1) is 11.8 Å². The van der Waals surface area contributed by atoms with E-state index in [1.54, 1.807) is 17.8 Å². The fourth-order valence-electron chi connectivity index (χ4n) is 1.66. The average Bonchev–Trinajstić information content (AvgIpc) is 2.42. The fourth-order valence-corrected chi connectivity index (χ4v) is 2.75. The van der Waals surface area contributed by atoms with Crippen molar-refractivity contribution in [1.82, 2.24) is 0 Å². The van der Waals surface area contributed by atoms with Gasteiger partial charge in [0.25, 0.3) is 0 Å². The van der Waals surface area contributed by atoms with Gasteiger partial charge in [-0.3, -0.25) is 0 Å². The maximum absolute atomic E-state index is 9.29. The molecule has 0 radical (unpaired) electrons. The smallest absolute Gasteiger partial charge is 0.103 e. The molecule has 19 heavy (non-hydrogen) atoms. The van der Waals surface area contributed by atoms with E-state index in [0.717, 1.165) is 20.7 Å². The lowest BCUT2D eigenvalue weighted by Gasteiger charge is -2.12. The van der Waals surface area contributed by atoms with Crippen molar-refractivity contribution in [2.24, 2.45) is 0 Å². The van der Waals surface area contributed by atoms with E-state index < -0.39 is 0 Å². The van der Waals surface area contributed by atoms with Crippen molar-refractivity contribution < 1.29 is 0 Å². The minimum atomic E-state index is 0.641. The van der Waals surface area contributed by atoms with E-state index >= 15 is 0 Å². The summed E-state index contributed by atoms with van der Waals surface area (Å²) >= 11 is 11.0. The second-order valence-corrected chi connectivity index (χ2v) is 5.88. The summed E-state index contributed by atoms with van der Waals surface area (Å²) in [5, 5.41) is 13.2. The first-order valence-electron chi connectivity index (χ1n) is 5.45. The Kier molecular flexibility index (Phi) is 4.76. The third-order valence-electron chi connectivity index (χ3n) is 2.56. The maximum atomic E-state index is 9.29. The van der Waals surface area contributed by atoms with Crippen molar-refractivity contribution >= 4 is 50.7 Å². The molecule has 2 rings (SSSR count). The van der Waals surface area contributed by atoms with Crippen LogP contribution in [0.15, 0.2) is 45.8 Å². The number of nitrogens with zero attached hydrogens (tertiary/aromatic N) is 1. The molecule has 0 bridgehead atoms. The largest absolute Gasteiger partial charge is 0.353 e. The average molecular weight is 354 g/mol. The van der Waals surface area contributed by atoms with Crippen LogP contribution < -0.4 is 5.32 Å². The van der Waals surface area contributed by atoms with Crippen molar-refractivity contribution in [3.63, 3.8) is 0 Å². The molecule has 0 aliphatic rings. The number of benzene rings is 2. The van der Waals surface area contributed by atoms with Crippen molar-refractivity contribution in [3.8, 4) is 6.07 Å². The molecule has 0 saturated heterocycles. The van der Waals surface area contributed by atoms with Crippen LogP contribution in [0.2, 0.25) is 5.02 Å². The van der Waals surface area contributed by atoms with E-state index in [0.29, 0.717) is 10.6 Å². The summed E-state index contributed by atoms with van der Waals surface area (Å²) in [5.74, 6) is 0. The third kappa shape index (κ3) is 3.24. The zero-order chi connectivity index (χ0) is 13.8. The van der Waals surface area contributed by atoms with Gasteiger partial charge < -0.3 is 5.32 Å². The zero-order valence-corrected chi connectivity index (χ0v) is 13.2. The van der Waals surface area contributed by atoms with Crippen LogP contribution in [0.3, 0.4) is 0 Å². The number of hydrogen-bond donors (Lipinski definition) is 1. The first-order chi connectivity index (χ1) is 9.15. The lowest BCUT2D eigenvalue weighted by Crippen LogP contribution is -1.96. The Morgan fingerprint density at radius 2 is 2.05 bits per heavy atom. The number of nitriles is 1. The molecule has 0 amide bonds. The van der Waals surface area contributed by atoms with Gasteiger partial charge in [0.2, 0.25) is 0 Å². The highest BCUT2D eigenvalue weighted by molar-refractivity contribution is 9.10. The predicted molar refractivity (Wildman–Crippen MR) is 85.4 cm³/mol. The first kappa shape index (κ1) is 14.3. The number of nitrogens with one attached hydrogen (secondary N) is 1. The summed E-state index contributed by atoms with van der Waals surface area (Å²) in [6.45, 7) is 0. The van der Waals surface area contributed by atoms with Crippen LogP contribution in [-0.4, -0.2) is 6.26 Å². The van der Waals surface area contributed by atoms with Crippen LogP contribution in [0.4, 0.5) is 11.4 Å². The van der Waals surface area contributed by atoms with Gasteiger partial charge in [-0.05, 0) is 52.5 Å². The lowest BCUT2D eigenvalue weighted by molar-refractivity contribution is 1.35. The molecular formula is C14H10BrClN2S. The van der Waals surface area contributed by atoms with Gasteiger partial charge in [-0.2, -0.15) is 5.26 Å². The second-order valence-electron chi connectivity index (χ2n) is 3.74. The molecule has 96 valence electrons. The summed E-state index contributed by atoms with van der Waals surface area (Å²) in [6.07, 6.45) is 1.95.